The van der Waals surface area contributed by atoms with Gasteiger partial charge in [-0.3, -0.25) is 9.59 Å². The van der Waals surface area contributed by atoms with Crippen molar-refractivity contribution in [3.63, 3.8) is 0 Å². The maximum Gasteiger partial charge on any atom is 0.253 e. The molecule has 0 saturated carbocycles. The molecule has 0 bridgehead atoms. The van der Waals surface area contributed by atoms with Gasteiger partial charge in [0.15, 0.2) is 5.16 Å². The van der Waals surface area contributed by atoms with Gasteiger partial charge in [0.05, 0.1) is 11.8 Å². The van der Waals surface area contributed by atoms with Crippen LogP contribution in [0.25, 0.3) is 0 Å². The number of aromatic amines is 1. The highest BCUT2D eigenvalue weighted by molar-refractivity contribution is 7.99. The van der Waals surface area contributed by atoms with Gasteiger partial charge >= 0.3 is 0 Å². The summed E-state index contributed by atoms with van der Waals surface area (Å²) in [6.07, 6.45) is 0. The molecule has 1 heterocycles. The van der Waals surface area contributed by atoms with Gasteiger partial charge in [-0.05, 0) is 23.6 Å². The molecule has 128 valence electrons. The molecular weight excluding hydrogens is 331 g/mol. The Morgan fingerprint density at radius 3 is 2.62 bits per heavy atom. The Hall–Kier alpha value is -2.35. The smallest absolute Gasteiger partial charge is 0.253 e. The number of thioether (sulfide) groups is 1. The van der Waals surface area contributed by atoms with Crippen LogP contribution < -0.4 is 16.6 Å². The Bertz CT molecular complexity index is 761. The van der Waals surface area contributed by atoms with E-state index in [1.807, 2.05) is 13.8 Å². The van der Waals surface area contributed by atoms with Gasteiger partial charge in [-0.2, -0.15) is 0 Å². The lowest BCUT2D eigenvalue weighted by Crippen LogP contribution is -2.33. The minimum absolute atomic E-state index is 0.0802. The highest BCUT2D eigenvalue weighted by Gasteiger charge is 2.18. The molecule has 0 radical (unpaired) electrons. The van der Waals surface area contributed by atoms with Crippen LogP contribution >= 0.6 is 11.8 Å². The third-order valence-corrected chi connectivity index (χ3v) is 4.17. The quantitative estimate of drug-likeness (QED) is 0.547. The van der Waals surface area contributed by atoms with Gasteiger partial charge in [0.25, 0.3) is 5.56 Å². The van der Waals surface area contributed by atoms with Gasteiger partial charge in [-0.25, -0.2) is 9.37 Å². The van der Waals surface area contributed by atoms with E-state index in [0.717, 1.165) is 17.3 Å². The largest absolute Gasteiger partial charge is 0.383 e. The summed E-state index contributed by atoms with van der Waals surface area (Å²) in [5.74, 6) is -0.216. The lowest BCUT2D eigenvalue weighted by molar-refractivity contribution is -0.119. The van der Waals surface area contributed by atoms with E-state index in [9.17, 15) is 14.0 Å². The third-order valence-electron chi connectivity index (χ3n) is 3.29. The lowest BCUT2D eigenvalue weighted by Gasteiger charge is -2.23. The Kier molecular flexibility index (Phi) is 5.97. The Balaban J connectivity index is 2.00. The number of benzene rings is 1. The number of nitrogens with two attached hydrogens (primary N) is 1. The average molecular weight is 350 g/mol. The van der Waals surface area contributed by atoms with E-state index in [4.69, 9.17) is 5.73 Å². The molecule has 2 aromatic rings. The van der Waals surface area contributed by atoms with Crippen LogP contribution in [-0.4, -0.2) is 21.6 Å². The molecule has 0 fully saturated rings. The Morgan fingerprint density at radius 2 is 2.04 bits per heavy atom. The van der Waals surface area contributed by atoms with Crippen molar-refractivity contribution in [3.05, 3.63) is 52.1 Å². The number of nitrogen functional groups attached to an aromatic ring is 1. The van der Waals surface area contributed by atoms with Crippen LogP contribution in [0.4, 0.5) is 10.2 Å². The van der Waals surface area contributed by atoms with Crippen LogP contribution in [-0.2, 0) is 4.79 Å². The second kappa shape index (κ2) is 7.96. The standard InChI is InChI=1S/C16H19FN4O2S/c1-9(2)15(10-3-5-11(17)6-4-10)20-14(23)8-24-16-19-12(18)7-13(22)21-16/h3-7,9,15H,8H2,1-2H3,(H,20,23)(H3,18,19,21,22)/t15-/m1/s1. The van der Waals surface area contributed by atoms with E-state index >= 15 is 0 Å². The van der Waals surface area contributed by atoms with Crippen molar-refractivity contribution < 1.29 is 9.18 Å². The maximum absolute atomic E-state index is 13.1. The number of H-pyrrole nitrogens is 1. The molecule has 1 aromatic carbocycles. The summed E-state index contributed by atoms with van der Waals surface area (Å²) in [7, 11) is 0. The fourth-order valence-electron chi connectivity index (χ4n) is 2.18. The molecular formula is C16H19FN4O2S. The van der Waals surface area contributed by atoms with E-state index in [0.29, 0.717) is 0 Å². The summed E-state index contributed by atoms with van der Waals surface area (Å²) in [5.41, 5.74) is 5.97. The summed E-state index contributed by atoms with van der Waals surface area (Å²) in [5, 5.41) is 3.21. The summed E-state index contributed by atoms with van der Waals surface area (Å²) in [4.78, 5) is 30.0. The fraction of sp³-hybridized carbons (Fsp3) is 0.312. The lowest BCUT2D eigenvalue weighted by atomic mass is 9.96. The first-order valence-electron chi connectivity index (χ1n) is 7.39. The molecule has 0 unspecified atom stereocenters. The van der Waals surface area contributed by atoms with Crippen LogP contribution in [0.3, 0.4) is 0 Å². The van der Waals surface area contributed by atoms with E-state index in [-0.39, 0.29) is 46.0 Å². The third kappa shape index (κ3) is 5.09. The Labute approximate surface area is 143 Å². The number of carbonyl (C=O) groups excluding carboxylic acids is 1. The van der Waals surface area contributed by atoms with E-state index in [1.165, 1.54) is 18.2 Å². The van der Waals surface area contributed by atoms with Crippen molar-refractivity contribution in [1.29, 1.82) is 0 Å². The van der Waals surface area contributed by atoms with Gasteiger partial charge in [-0.15, -0.1) is 0 Å². The Morgan fingerprint density at radius 1 is 1.38 bits per heavy atom. The second-order valence-electron chi connectivity index (χ2n) is 5.60. The molecule has 1 aromatic heterocycles. The molecule has 8 heteroatoms. The number of amides is 1. The highest BCUT2D eigenvalue weighted by Crippen LogP contribution is 2.22. The van der Waals surface area contributed by atoms with Gasteiger partial charge in [-0.1, -0.05) is 37.7 Å². The SMILES string of the molecule is CC(C)[C@@H](NC(=O)CSc1nc(N)cc(=O)[nH]1)c1ccc(F)cc1. The van der Waals surface area contributed by atoms with Crippen molar-refractivity contribution in [2.24, 2.45) is 5.92 Å². The van der Waals surface area contributed by atoms with Crippen LogP contribution in [0.1, 0.15) is 25.5 Å². The van der Waals surface area contributed by atoms with E-state index < -0.39 is 0 Å². The van der Waals surface area contributed by atoms with Gasteiger partial charge < -0.3 is 16.0 Å². The highest BCUT2D eigenvalue weighted by atomic mass is 32.2. The van der Waals surface area contributed by atoms with Gasteiger partial charge in [0.2, 0.25) is 5.91 Å². The molecule has 24 heavy (non-hydrogen) atoms. The predicted molar refractivity (Wildman–Crippen MR) is 92.1 cm³/mol. The normalized spacial score (nSPS) is 12.2. The molecule has 0 saturated heterocycles. The molecule has 6 nitrogen and oxygen atoms in total. The number of halogens is 1. The summed E-state index contributed by atoms with van der Waals surface area (Å²) < 4.78 is 13.1. The molecule has 2 rings (SSSR count). The monoisotopic (exact) mass is 350 g/mol. The van der Waals surface area contributed by atoms with Crippen molar-refractivity contribution in [2.45, 2.75) is 25.0 Å². The first kappa shape index (κ1) is 18.0. The molecule has 1 amide bonds. The van der Waals surface area contributed by atoms with Crippen LogP contribution in [0.5, 0.6) is 0 Å². The molecule has 0 aliphatic heterocycles. The maximum atomic E-state index is 13.1. The average Bonchev–Trinajstić information content (AvgIpc) is 2.50. The topological polar surface area (TPSA) is 101 Å². The summed E-state index contributed by atoms with van der Waals surface area (Å²) in [6, 6.07) is 6.99. The number of nitrogens with one attached hydrogen (secondary N) is 2. The van der Waals surface area contributed by atoms with Crippen molar-refractivity contribution in [1.82, 2.24) is 15.3 Å². The molecule has 4 N–H and O–H groups in total. The minimum Gasteiger partial charge on any atom is -0.383 e. The number of anilines is 1. The summed E-state index contributed by atoms with van der Waals surface area (Å²) >= 11 is 1.09. The minimum atomic E-state index is -0.364. The van der Waals surface area contributed by atoms with Crippen LogP contribution in [0.2, 0.25) is 0 Å². The number of hydrogen-bond acceptors (Lipinski definition) is 5. The summed E-state index contributed by atoms with van der Waals surface area (Å²) in [6.45, 7) is 3.94. The molecule has 0 aliphatic rings. The second-order valence-corrected chi connectivity index (χ2v) is 6.57. The van der Waals surface area contributed by atoms with Crippen LogP contribution in [0, 0.1) is 11.7 Å². The molecule has 0 spiro atoms. The van der Waals surface area contributed by atoms with Gasteiger partial charge in [0, 0.05) is 6.07 Å². The van der Waals surface area contributed by atoms with E-state index in [2.05, 4.69) is 15.3 Å². The number of rotatable bonds is 6. The zero-order chi connectivity index (χ0) is 17.7. The van der Waals surface area contributed by atoms with Gasteiger partial charge in [0.1, 0.15) is 11.6 Å². The zero-order valence-electron chi connectivity index (χ0n) is 13.4. The van der Waals surface area contributed by atoms with Crippen molar-refractivity contribution >= 4 is 23.5 Å². The number of carbonyl (C=O) groups is 1. The predicted octanol–water partition coefficient (Wildman–Crippen LogP) is 2.10. The van der Waals surface area contributed by atoms with Crippen LogP contribution in [0.15, 0.2) is 40.3 Å². The molecule has 1 atom stereocenters. The number of aromatic nitrogens is 2. The van der Waals surface area contributed by atoms with E-state index in [1.54, 1.807) is 12.1 Å². The number of nitrogens with zero attached hydrogens (tertiary/aromatic N) is 1. The number of hydrogen-bond donors (Lipinski definition) is 3. The van der Waals surface area contributed by atoms with Crippen molar-refractivity contribution in [3.8, 4) is 0 Å². The van der Waals surface area contributed by atoms with Crippen molar-refractivity contribution in [2.75, 3.05) is 11.5 Å². The fourth-order valence-corrected chi connectivity index (χ4v) is 2.87. The first-order valence-corrected chi connectivity index (χ1v) is 8.38. The molecule has 0 aliphatic carbocycles. The zero-order valence-corrected chi connectivity index (χ0v) is 14.2. The first-order chi connectivity index (χ1) is 11.3.